The van der Waals surface area contributed by atoms with Gasteiger partial charge in [-0.3, -0.25) is 9.59 Å². The van der Waals surface area contributed by atoms with Crippen LogP contribution in [0.2, 0.25) is 0 Å². The minimum Gasteiger partial charge on any atom is -0.350 e. The fourth-order valence-corrected chi connectivity index (χ4v) is 2.81. The van der Waals surface area contributed by atoms with Gasteiger partial charge in [-0.1, -0.05) is 30.3 Å². The lowest BCUT2D eigenvalue weighted by Gasteiger charge is -2.20. The van der Waals surface area contributed by atoms with Crippen molar-refractivity contribution in [1.29, 1.82) is 0 Å². The molecular weight excluding hydrogens is 290 g/mol. The zero-order chi connectivity index (χ0) is 16.7. The highest BCUT2D eigenvalue weighted by molar-refractivity contribution is 5.84. The zero-order valence-electron chi connectivity index (χ0n) is 14.1. The Morgan fingerprint density at radius 1 is 1.09 bits per heavy atom. The van der Waals surface area contributed by atoms with E-state index in [-0.39, 0.29) is 30.7 Å². The first-order valence-corrected chi connectivity index (χ1v) is 8.37. The molecule has 126 valence electrons. The SMILES string of the molecule is C[C@@H](NC(=O)CCC(=O)N1CCCN(C)CC1)c1ccccc1. The Labute approximate surface area is 138 Å². The topological polar surface area (TPSA) is 52.7 Å². The smallest absolute Gasteiger partial charge is 0.223 e. The van der Waals surface area contributed by atoms with Crippen molar-refractivity contribution in [3.8, 4) is 0 Å². The molecule has 0 saturated carbocycles. The molecule has 1 aromatic carbocycles. The molecule has 1 fully saturated rings. The van der Waals surface area contributed by atoms with Crippen LogP contribution in [0.5, 0.6) is 0 Å². The Bertz CT molecular complexity index is 518. The van der Waals surface area contributed by atoms with Crippen LogP contribution < -0.4 is 5.32 Å². The van der Waals surface area contributed by atoms with Gasteiger partial charge in [-0.15, -0.1) is 0 Å². The average Bonchev–Trinajstić information content (AvgIpc) is 2.78. The quantitative estimate of drug-likeness (QED) is 0.901. The fourth-order valence-electron chi connectivity index (χ4n) is 2.81. The number of likely N-dealkylation sites (N-methyl/N-ethyl adjacent to an activating group) is 1. The average molecular weight is 317 g/mol. The molecule has 5 heteroatoms. The number of hydrogen-bond donors (Lipinski definition) is 1. The third kappa shape index (κ3) is 5.67. The van der Waals surface area contributed by atoms with Gasteiger partial charge in [-0.05, 0) is 32.5 Å². The number of nitrogens with zero attached hydrogens (tertiary/aromatic N) is 2. The molecule has 1 atom stereocenters. The molecule has 0 bridgehead atoms. The van der Waals surface area contributed by atoms with Gasteiger partial charge in [0.05, 0.1) is 6.04 Å². The van der Waals surface area contributed by atoms with Gasteiger partial charge in [0.25, 0.3) is 0 Å². The van der Waals surface area contributed by atoms with Crippen LogP contribution >= 0.6 is 0 Å². The summed E-state index contributed by atoms with van der Waals surface area (Å²) in [7, 11) is 2.08. The Balaban J connectivity index is 1.74. The van der Waals surface area contributed by atoms with Crippen molar-refractivity contribution in [3.05, 3.63) is 35.9 Å². The number of rotatable bonds is 5. The number of carbonyl (C=O) groups is 2. The van der Waals surface area contributed by atoms with Crippen LogP contribution in [0.4, 0.5) is 0 Å². The standard InChI is InChI=1S/C18H27N3O2/c1-15(16-7-4-3-5-8-16)19-17(22)9-10-18(23)21-12-6-11-20(2)13-14-21/h3-5,7-8,15H,6,9-14H2,1-2H3,(H,19,22)/t15-/m1/s1. The molecule has 2 rings (SSSR count). The van der Waals surface area contributed by atoms with Crippen molar-refractivity contribution in [2.24, 2.45) is 0 Å². The van der Waals surface area contributed by atoms with Gasteiger partial charge >= 0.3 is 0 Å². The lowest BCUT2D eigenvalue weighted by Crippen LogP contribution is -2.35. The van der Waals surface area contributed by atoms with Crippen LogP contribution in [0.1, 0.15) is 37.8 Å². The molecule has 1 N–H and O–H groups in total. The van der Waals surface area contributed by atoms with E-state index in [1.807, 2.05) is 42.2 Å². The molecule has 0 radical (unpaired) electrons. The molecule has 1 aromatic rings. The summed E-state index contributed by atoms with van der Waals surface area (Å²) in [5.41, 5.74) is 1.07. The molecule has 0 aliphatic carbocycles. The fraction of sp³-hybridized carbons (Fsp3) is 0.556. The van der Waals surface area contributed by atoms with E-state index in [1.165, 1.54) is 0 Å². The van der Waals surface area contributed by atoms with Crippen LogP contribution in [0.25, 0.3) is 0 Å². The van der Waals surface area contributed by atoms with Crippen LogP contribution in [-0.2, 0) is 9.59 Å². The number of carbonyl (C=O) groups excluding carboxylic acids is 2. The molecule has 1 aliphatic rings. The van der Waals surface area contributed by atoms with Crippen LogP contribution in [0, 0.1) is 0 Å². The van der Waals surface area contributed by atoms with E-state index in [4.69, 9.17) is 0 Å². The zero-order valence-corrected chi connectivity index (χ0v) is 14.1. The van der Waals surface area contributed by atoms with Crippen molar-refractivity contribution in [2.75, 3.05) is 33.2 Å². The molecule has 2 amide bonds. The van der Waals surface area contributed by atoms with Gasteiger partial charge in [-0.25, -0.2) is 0 Å². The summed E-state index contributed by atoms with van der Waals surface area (Å²) in [6, 6.07) is 9.81. The number of amides is 2. The van der Waals surface area contributed by atoms with Crippen molar-refractivity contribution >= 4 is 11.8 Å². The maximum atomic E-state index is 12.2. The molecule has 1 heterocycles. The highest BCUT2D eigenvalue weighted by Gasteiger charge is 2.18. The third-order valence-electron chi connectivity index (χ3n) is 4.32. The molecule has 23 heavy (non-hydrogen) atoms. The van der Waals surface area contributed by atoms with E-state index in [9.17, 15) is 9.59 Å². The van der Waals surface area contributed by atoms with Gasteiger partial charge in [-0.2, -0.15) is 0 Å². The Morgan fingerprint density at radius 3 is 2.57 bits per heavy atom. The van der Waals surface area contributed by atoms with Crippen LogP contribution in [-0.4, -0.2) is 54.8 Å². The number of benzene rings is 1. The second-order valence-corrected chi connectivity index (χ2v) is 6.24. The first-order chi connectivity index (χ1) is 11.1. The first kappa shape index (κ1) is 17.5. The highest BCUT2D eigenvalue weighted by Crippen LogP contribution is 2.12. The maximum absolute atomic E-state index is 12.2. The number of nitrogens with one attached hydrogen (secondary N) is 1. The summed E-state index contributed by atoms with van der Waals surface area (Å²) in [5, 5.41) is 2.96. The van der Waals surface area contributed by atoms with Gasteiger partial charge in [0.1, 0.15) is 0 Å². The van der Waals surface area contributed by atoms with Crippen molar-refractivity contribution in [1.82, 2.24) is 15.1 Å². The van der Waals surface area contributed by atoms with E-state index in [2.05, 4.69) is 17.3 Å². The Morgan fingerprint density at radius 2 is 1.83 bits per heavy atom. The van der Waals surface area contributed by atoms with Crippen molar-refractivity contribution < 1.29 is 9.59 Å². The monoisotopic (exact) mass is 317 g/mol. The lowest BCUT2D eigenvalue weighted by molar-refractivity contribution is -0.133. The second-order valence-electron chi connectivity index (χ2n) is 6.24. The van der Waals surface area contributed by atoms with Crippen molar-refractivity contribution in [3.63, 3.8) is 0 Å². The van der Waals surface area contributed by atoms with E-state index in [0.29, 0.717) is 0 Å². The second kappa shape index (κ2) is 8.67. The van der Waals surface area contributed by atoms with Crippen LogP contribution in [0.15, 0.2) is 30.3 Å². The molecule has 1 saturated heterocycles. The lowest BCUT2D eigenvalue weighted by atomic mass is 10.1. The highest BCUT2D eigenvalue weighted by atomic mass is 16.2. The summed E-state index contributed by atoms with van der Waals surface area (Å²) in [6.45, 7) is 5.45. The van der Waals surface area contributed by atoms with E-state index in [0.717, 1.165) is 38.2 Å². The maximum Gasteiger partial charge on any atom is 0.223 e. The molecule has 1 aliphatic heterocycles. The molecule has 0 unspecified atom stereocenters. The summed E-state index contributed by atoms with van der Waals surface area (Å²) in [6.07, 6.45) is 1.54. The molecule has 0 aromatic heterocycles. The van der Waals surface area contributed by atoms with Gasteiger partial charge in [0, 0.05) is 32.5 Å². The van der Waals surface area contributed by atoms with E-state index in [1.54, 1.807) is 0 Å². The van der Waals surface area contributed by atoms with Crippen molar-refractivity contribution in [2.45, 2.75) is 32.2 Å². The first-order valence-electron chi connectivity index (χ1n) is 8.37. The Hall–Kier alpha value is -1.88. The Kier molecular flexibility index (Phi) is 6.59. The molecule has 5 nitrogen and oxygen atoms in total. The summed E-state index contributed by atoms with van der Waals surface area (Å²) >= 11 is 0. The van der Waals surface area contributed by atoms with Crippen LogP contribution in [0.3, 0.4) is 0 Å². The molecular formula is C18H27N3O2. The van der Waals surface area contributed by atoms with E-state index < -0.39 is 0 Å². The summed E-state index contributed by atoms with van der Waals surface area (Å²) in [5.74, 6) is 0.0180. The normalized spacial score (nSPS) is 17.4. The van der Waals surface area contributed by atoms with Gasteiger partial charge in [0.15, 0.2) is 0 Å². The van der Waals surface area contributed by atoms with Gasteiger partial charge in [0.2, 0.25) is 11.8 Å². The van der Waals surface area contributed by atoms with Gasteiger partial charge < -0.3 is 15.1 Å². The molecule has 0 spiro atoms. The largest absolute Gasteiger partial charge is 0.350 e. The number of hydrogen-bond acceptors (Lipinski definition) is 3. The summed E-state index contributed by atoms with van der Waals surface area (Å²) in [4.78, 5) is 28.4. The predicted molar refractivity (Wildman–Crippen MR) is 90.9 cm³/mol. The summed E-state index contributed by atoms with van der Waals surface area (Å²) < 4.78 is 0. The minimum atomic E-state index is -0.0679. The van der Waals surface area contributed by atoms with E-state index >= 15 is 0 Å². The predicted octanol–water partition coefficient (Wildman–Crippen LogP) is 1.81. The minimum absolute atomic E-state index is 0.0364. The third-order valence-corrected chi connectivity index (χ3v) is 4.32.